The number of hydrogen-bond donors (Lipinski definition) is 1. The van der Waals surface area contributed by atoms with E-state index >= 15 is 0 Å². The summed E-state index contributed by atoms with van der Waals surface area (Å²) in [6, 6.07) is 37.9. The highest BCUT2D eigenvalue weighted by atomic mass is 16.3. The zero-order chi connectivity index (χ0) is 19.9. The van der Waals surface area contributed by atoms with Gasteiger partial charge in [-0.25, -0.2) is 0 Å². The van der Waals surface area contributed by atoms with E-state index in [1.165, 1.54) is 21.9 Å². The number of hydrogen-bond acceptors (Lipinski definition) is 2. The van der Waals surface area contributed by atoms with Gasteiger partial charge in [-0.3, -0.25) is 0 Å². The van der Waals surface area contributed by atoms with Crippen LogP contribution in [0.2, 0.25) is 0 Å². The average Bonchev–Trinajstić information content (AvgIpc) is 3.19. The summed E-state index contributed by atoms with van der Waals surface area (Å²) < 4.78 is 6.17. The number of fused-ring (bicyclic) bond motifs is 4. The second-order valence-electron chi connectivity index (χ2n) is 7.51. The maximum atomic E-state index is 6.17. The summed E-state index contributed by atoms with van der Waals surface area (Å²) >= 11 is 0. The minimum absolute atomic E-state index is 0.884. The molecule has 0 saturated carbocycles. The molecule has 0 amide bonds. The van der Waals surface area contributed by atoms with Crippen molar-refractivity contribution in [3.05, 3.63) is 109 Å². The van der Waals surface area contributed by atoms with Gasteiger partial charge in [0.15, 0.2) is 5.58 Å². The van der Waals surface area contributed by atoms with Crippen LogP contribution in [0.15, 0.2) is 114 Å². The van der Waals surface area contributed by atoms with Crippen molar-refractivity contribution in [3.63, 3.8) is 0 Å². The molecule has 0 radical (unpaired) electrons. The smallest absolute Gasteiger partial charge is 0.158 e. The van der Waals surface area contributed by atoms with Crippen LogP contribution >= 0.6 is 0 Å². The van der Waals surface area contributed by atoms with Gasteiger partial charge in [0.25, 0.3) is 0 Å². The van der Waals surface area contributed by atoms with Gasteiger partial charge in [-0.2, -0.15) is 0 Å². The van der Waals surface area contributed by atoms with Crippen molar-refractivity contribution in [3.8, 4) is 11.1 Å². The molecular formula is C28H19NO. The van der Waals surface area contributed by atoms with Crippen molar-refractivity contribution in [1.82, 2.24) is 0 Å². The van der Waals surface area contributed by atoms with E-state index in [9.17, 15) is 0 Å². The zero-order valence-electron chi connectivity index (χ0n) is 16.3. The van der Waals surface area contributed by atoms with E-state index in [4.69, 9.17) is 4.42 Å². The van der Waals surface area contributed by atoms with Gasteiger partial charge in [0.1, 0.15) is 5.58 Å². The van der Waals surface area contributed by atoms with Crippen LogP contribution in [0.3, 0.4) is 0 Å². The number of nitrogens with one attached hydrogen (secondary N) is 1. The van der Waals surface area contributed by atoms with Crippen LogP contribution < -0.4 is 5.32 Å². The van der Waals surface area contributed by atoms with Gasteiger partial charge in [0.05, 0.1) is 5.69 Å². The van der Waals surface area contributed by atoms with Gasteiger partial charge >= 0.3 is 0 Å². The van der Waals surface area contributed by atoms with Crippen molar-refractivity contribution in [2.24, 2.45) is 0 Å². The molecule has 1 N–H and O–H groups in total. The Morgan fingerprint density at radius 2 is 1.30 bits per heavy atom. The first-order valence-electron chi connectivity index (χ1n) is 10.1. The van der Waals surface area contributed by atoms with Crippen LogP contribution in [0.4, 0.5) is 11.4 Å². The molecule has 0 aliphatic rings. The molecular weight excluding hydrogens is 366 g/mol. The molecule has 0 atom stereocenters. The Balaban J connectivity index is 1.44. The summed E-state index contributed by atoms with van der Waals surface area (Å²) in [7, 11) is 0. The van der Waals surface area contributed by atoms with Gasteiger partial charge in [-0.1, -0.05) is 84.9 Å². The number of anilines is 2. The third-order valence-electron chi connectivity index (χ3n) is 5.65. The lowest BCUT2D eigenvalue weighted by Gasteiger charge is -2.11. The van der Waals surface area contributed by atoms with Gasteiger partial charge in [-0.15, -0.1) is 0 Å². The maximum absolute atomic E-state index is 6.17. The molecule has 0 aliphatic heterocycles. The predicted octanol–water partition coefficient (Wildman–Crippen LogP) is 8.15. The van der Waals surface area contributed by atoms with E-state index in [2.05, 4.69) is 96.3 Å². The summed E-state index contributed by atoms with van der Waals surface area (Å²) in [6.07, 6.45) is 0. The molecule has 5 aromatic carbocycles. The molecule has 2 nitrogen and oxygen atoms in total. The highest BCUT2D eigenvalue weighted by molar-refractivity contribution is 6.09. The highest BCUT2D eigenvalue weighted by Gasteiger charge is 2.11. The van der Waals surface area contributed by atoms with Gasteiger partial charge in [-0.05, 0) is 46.2 Å². The van der Waals surface area contributed by atoms with Crippen LogP contribution in [0.5, 0.6) is 0 Å². The van der Waals surface area contributed by atoms with E-state index < -0.39 is 0 Å². The fourth-order valence-corrected chi connectivity index (χ4v) is 4.24. The van der Waals surface area contributed by atoms with Crippen molar-refractivity contribution in [2.45, 2.75) is 0 Å². The zero-order valence-corrected chi connectivity index (χ0v) is 16.3. The highest BCUT2D eigenvalue weighted by Crippen LogP contribution is 2.36. The Morgan fingerprint density at radius 1 is 0.567 bits per heavy atom. The Hall–Kier alpha value is -4.04. The van der Waals surface area contributed by atoms with Crippen molar-refractivity contribution in [1.29, 1.82) is 0 Å². The first kappa shape index (κ1) is 16.9. The topological polar surface area (TPSA) is 25.2 Å². The lowest BCUT2D eigenvalue weighted by molar-refractivity contribution is 0.670. The molecule has 30 heavy (non-hydrogen) atoms. The van der Waals surface area contributed by atoms with Crippen molar-refractivity contribution >= 4 is 44.1 Å². The molecule has 0 spiro atoms. The molecule has 0 bridgehead atoms. The standard InChI is InChI=1S/C28H19NO/c1-2-12-22-19(8-1)9-6-14-23(22)20-10-5-11-21(18-20)29-26-16-7-15-25-24-13-3-4-17-27(24)30-28(25)26/h1-18,29H. The molecule has 2 heteroatoms. The molecule has 1 heterocycles. The normalized spacial score (nSPS) is 11.3. The van der Waals surface area contributed by atoms with Crippen LogP contribution in [0.1, 0.15) is 0 Å². The summed E-state index contributed by atoms with van der Waals surface area (Å²) in [5, 5.41) is 8.35. The second kappa shape index (κ2) is 6.78. The Morgan fingerprint density at radius 3 is 2.27 bits per heavy atom. The van der Waals surface area contributed by atoms with Crippen LogP contribution in [-0.2, 0) is 0 Å². The Kier molecular flexibility index (Phi) is 3.82. The summed E-state index contributed by atoms with van der Waals surface area (Å²) in [5.41, 5.74) is 6.22. The third-order valence-corrected chi connectivity index (χ3v) is 5.65. The van der Waals surface area contributed by atoms with Gasteiger partial charge < -0.3 is 9.73 Å². The van der Waals surface area contributed by atoms with E-state index in [0.29, 0.717) is 0 Å². The van der Waals surface area contributed by atoms with Crippen molar-refractivity contribution < 1.29 is 4.42 Å². The fraction of sp³-hybridized carbons (Fsp3) is 0. The SMILES string of the molecule is c1cc(Nc2cccc3c2oc2ccccc23)cc(-c2cccc3ccccc23)c1. The summed E-state index contributed by atoms with van der Waals surface area (Å²) in [6.45, 7) is 0. The average molecular weight is 385 g/mol. The Labute approximate surface area is 174 Å². The van der Waals surface area contributed by atoms with E-state index in [1.807, 2.05) is 18.2 Å². The molecule has 0 unspecified atom stereocenters. The number of benzene rings is 5. The molecule has 6 aromatic rings. The maximum Gasteiger partial charge on any atom is 0.158 e. The molecule has 1 aromatic heterocycles. The number of furan rings is 1. The van der Waals surface area contributed by atoms with E-state index in [1.54, 1.807) is 0 Å². The number of para-hydroxylation sites is 2. The molecule has 0 aliphatic carbocycles. The first-order chi connectivity index (χ1) is 14.9. The lowest BCUT2D eigenvalue weighted by atomic mass is 9.98. The van der Waals surface area contributed by atoms with Crippen LogP contribution in [0.25, 0.3) is 43.8 Å². The molecule has 0 fully saturated rings. The Bertz CT molecular complexity index is 1520. The van der Waals surface area contributed by atoms with Crippen molar-refractivity contribution in [2.75, 3.05) is 5.32 Å². The quantitative estimate of drug-likeness (QED) is 0.332. The van der Waals surface area contributed by atoms with Gasteiger partial charge in [0, 0.05) is 16.5 Å². The first-order valence-corrected chi connectivity index (χ1v) is 10.1. The second-order valence-corrected chi connectivity index (χ2v) is 7.51. The largest absolute Gasteiger partial charge is 0.454 e. The fourth-order valence-electron chi connectivity index (χ4n) is 4.24. The van der Waals surface area contributed by atoms with Crippen LogP contribution in [-0.4, -0.2) is 0 Å². The molecule has 0 saturated heterocycles. The summed E-state index contributed by atoms with van der Waals surface area (Å²) in [5.74, 6) is 0. The molecule has 142 valence electrons. The molecule has 6 rings (SSSR count). The number of rotatable bonds is 3. The van der Waals surface area contributed by atoms with E-state index in [0.717, 1.165) is 33.3 Å². The lowest BCUT2D eigenvalue weighted by Crippen LogP contribution is -1.91. The summed E-state index contributed by atoms with van der Waals surface area (Å²) in [4.78, 5) is 0. The monoisotopic (exact) mass is 385 g/mol. The minimum atomic E-state index is 0.884. The van der Waals surface area contributed by atoms with Crippen LogP contribution in [0, 0.1) is 0 Å². The minimum Gasteiger partial charge on any atom is -0.454 e. The van der Waals surface area contributed by atoms with E-state index in [-0.39, 0.29) is 0 Å². The van der Waals surface area contributed by atoms with Gasteiger partial charge in [0.2, 0.25) is 0 Å². The predicted molar refractivity (Wildman–Crippen MR) is 126 cm³/mol. The third kappa shape index (κ3) is 2.73.